The number of hydrogen-bond acceptors (Lipinski definition) is 3. The highest BCUT2D eigenvalue weighted by molar-refractivity contribution is 7.89. The Balaban J connectivity index is 2.18. The molecule has 21 heavy (non-hydrogen) atoms. The van der Waals surface area contributed by atoms with E-state index >= 15 is 0 Å². The monoisotopic (exact) mass is 316 g/mol. The third kappa shape index (κ3) is 3.42. The smallest absolute Gasteiger partial charge is 0.216 e. The van der Waals surface area contributed by atoms with Gasteiger partial charge in [-0.3, -0.25) is 4.79 Å². The second kappa shape index (κ2) is 6.24. The second-order valence-corrected chi connectivity index (χ2v) is 9.43. The SMILES string of the molecule is CC(=O)NCC1CN(S(=O)(=O)C(C)C)CC12CCCCC2. The standard InChI is InChI=1S/C15H28N2O3S/c1-12(2)21(19,20)17-10-14(9-16-13(3)18)15(11-17)7-5-4-6-8-15/h12,14H,4-11H2,1-3H3,(H,16,18). The third-order valence-electron chi connectivity index (χ3n) is 5.18. The number of hydrogen-bond donors (Lipinski definition) is 1. The molecule has 1 atom stereocenters. The van der Waals surface area contributed by atoms with E-state index in [1.165, 1.54) is 26.2 Å². The molecule has 1 saturated heterocycles. The molecule has 1 aliphatic carbocycles. The number of carbonyl (C=O) groups is 1. The lowest BCUT2D eigenvalue weighted by molar-refractivity contribution is -0.119. The van der Waals surface area contributed by atoms with Crippen molar-refractivity contribution in [1.82, 2.24) is 9.62 Å². The number of nitrogens with zero attached hydrogens (tertiary/aromatic N) is 1. The molecule has 0 aromatic heterocycles. The van der Waals surface area contributed by atoms with Crippen molar-refractivity contribution in [3.8, 4) is 0 Å². The molecule has 2 rings (SSSR count). The first-order valence-electron chi connectivity index (χ1n) is 8.01. The Kier molecular flexibility index (Phi) is 4.98. The Morgan fingerprint density at radius 3 is 2.43 bits per heavy atom. The first kappa shape index (κ1) is 16.7. The third-order valence-corrected chi connectivity index (χ3v) is 7.37. The van der Waals surface area contributed by atoms with Crippen LogP contribution in [0.2, 0.25) is 0 Å². The maximum Gasteiger partial charge on any atom is 0.216 e. The van der Waals surface area contributed by atoms with Gasteiger partial charge >= 0.3 is 0 Å². The van der Waals surface area contributed by atoms with Crippen molar-refractivity contribution in [2.75, 3.05) is 19.6 Å². The van der Waals surface area contributed by atoms with Crippen LogP contribution in [-0.4, -0.2) is 43.5 Å². The van der Waals surface area contributed by atoms with Gasteiger partial charge in [0.1, 0.15) is 0 Å². The van der Waals surface area contributed by atoms with Gasteiger partial charge in [-0.25, -0.2) is 12.7 Å². The molecule has 6 heteroatoms. The summed E-state index contributed by atoms with van der Waals surface area (Å²) in [5.41, 5.74) is 0.0721. The summed E-state index contributed by atoms with van der Waals surface area (Å²) in [6.45, 7) is 6.79. The molecular formula is C15H28N2O3S. The largest absolute Gasteiger partial charge is 0.356 e. The Morgan fingerprint density at radius 1 is 1.29 bits per heavy atom. The zero-order chi connectivity index (χ0) is 15.7. The zero-order valence-corrected chi connectivity index (χ0v) is 14.2. The highest BCUT2D eigenvalue weighted by Gasteiger charge is 2.50. The summed E-state index contributed by atoms with van der Waals surface area (Å²) in [5.74, 6) is 0.210. The molecule has 0 aromatic rings. The van der Waals surface area contributed by atoms with Gasteiger partial charge in [0.25, 0.3) is 0 Å². The van der Waals surface area contributed by atoms with Crippen LogP contribution >= 0.6 is 0 Å². The maximum absolute atomic E-state index is 12.5. The maximum atomic E-state index is 12.5. The number of sulfonamides is 1. The highest BCUT2D eigenvalue weighted by atomic mass is 32.2. The molecule has 2 aliphatic rings. The Morgan fingerprint density at radius 2 is 1.90 bits per heavy atom. The van der Waals surface area contributed by atoms with Crippen molar-refractivity contribution < 1.29 is 13.2 Å². The number of rotatable bonds is 4. The minimum atomic E-state index is -3.20. The summed E-state index contributed by atoms with van der Waals surface area (Å²) in [5, 5.41) is 2.52. The van der Waals surface area contributed by atoms with Crippen molar-refractivity contribution in [3.05, 3.63) is 0 Å². The summed E-state index contributed by atoms with van der Waals surface area (Å²) >= 11 is 0. The molecule has 0 radical (unpaired) electrons. The predicted octanol–water partition coefficient (Wildman–Crippen LogP) is 1.74. The highest BCUT2D eigenvalue weighted by Crippen LogP contribution is 2.48. The fourth-order valence-electron chi connectivity index (χ4n) is 3.85. The molecule has 1 heterocycles. The molecule has 1 aliphatic heterocycles. The summed E-state index contributed by atoms with van der Waals surface area (Å²) in [7, 11) is -3.20. The first-order valence-corrected chi connectivity index (χ1v) is 9.52. The van der Waals surface area contributed by atoms with E-state index in [9.17, 15) is 13.2 Å². The van der Waals surface area contributed by atoms with Crippen LogP contribution < -0.4 is 5.32 Å². The van der Waals surface area contributed by atoms with Gasteiger partial charge in [-0.2, -0.15) is 0 Å². The van der Waals surface area contributed by atoms with Crippen molar-refractivity contribution in [1.29, 1.82) is 0 Å². The van der Waals surface area contributed by atoms with E-state index in [1.54, 1.807) is 18.2 Å². The van der Waals surface area contributed by atoms with E-state index < -0.39 is 10.0 Å². The lowest BCUT2D eigenvalue weighted by atomic mass is 9.68. The number of amides is 1. The lowest BCUT2D eigenvalue weighted by Crippen LogP contribution is -2.39. The summed E-state index contributed by atoms with van der Waals surface area (Å²) in [6.07, 6.45) is 5.76. The van der Waals surface area contributed by atoms with Gasteiger partial charge in [-0.1, -0.05) is 19.3 Å². The minimum absolute atomic E-state index is 0.0360. The van der Waals surface area contributed by atoms with Crippen LogP contribution in [0.5, 0.6) is 0 Å². The van der Waals surface area contributed by atoms with E-state index in [-0.39, 0.29) is 22.5 Å². The van der Waals surface area contributed by atoms with E-state index in [2.05, 4.69) is 5.32 Å². The molecule has 1 spiro atoms. The van der Waals surface area contributed by atoms with E-state index in [0.717, 1.165) is 12.8 Å². The molecule has 0 bridgehead atoms. The molecule has 1 unspecified atom stereocenters. The molecule has 122 valence electrons. The van der Waals surface area contributed by atoms with Gasteiger partial charge in [0.05, 0.1) is 5.25 Å². The van der Waals surface area contributed by atoms with E-state index in [0.29, 0.717) is 19.6 Å². The average Bonchev–Trinajstić information content (AvgIpc) is 2.76. The van der Waals surface area contributed by atoms with Crippen molar-refractivity contribution in [2.45, 2.75) is 58.1 Å². The van der Waals surface area contributed by atoms with Crippen LogP contribution in [-0.2, 0) is 14.8 Å². The fraction of sp³-hybridized carbons (Fsp3) is 0.933. The molecule has 5 nitrogen and oxygen atoms in total. The van der Waals surface area contributed by atoms with Crippen molar-refractivity contribution >= 4 is 15.9 Å². The van der Waals surface area contributed by atoms with Crippen LogP contribution in [0.15, 0.2) is 0 Å². The summed E-state index contributed by atoms with van der Waals surface area (Å²) in [4.78, 5) is 11.2. The lowest BCUT2D eigenvalue weighted by Gasteiger charge is -2.38. The summed E-state index contributed by atoms with van der Waals surface area (Å²) in [6, 6.07) is 0. The second-order valence-electron chi connectivity index (χ2n) is 6.94. The normalized spacial score (nSPS) is 26.4. The van der Waals surface area contributed by atoms with Gasteiger partial charge < -0.3 is 5.32 Å². The molecule has 0 aromatic carbocycles. The number of nitrogens with one attached hydrogen (secondary N) is 1. The summed E-state index contributed by atoms with van der Waals surface area (Å²) < 4.78 is 26.6. The predicted molar refractivity (Wildman–Crippen MR) is 83.3 cm³/mol. The van der Waals surface area contributed by atoms with Crippen molar-refractivity contribution in [2.24, 2.45) is 11.3 Å². The topological polar surface area (TPSA) is 66.5 Å². The fourth-order valence-corrected chi connectivity index (χ4v) is 5.27. The van der Waals surface area contributed by atoms with Crippen LogP contribution in [0.3, 0.4) is 0 Å². The molecular weight excluding hydrogens is 288 g/mol. The minimum Gasteiger partial charge on any atom is -0.356 e. The molecule has 2 fully saturated rings. The first-order chi connectivity index (χ1) is 9.78. The molecule has 1 amide bonds. The van der Waals surface area contributed by atoms with Crippen LogP contribution in [0.25, 0.3) is 0 Å². The Bertz CT molecular complexity index is 481. The zero-order valence-electron chi connectivity index (χ0n) is 13.4. The van der Waals surface area contributed by atoms with Crippen molar-refractivity contribution in [3.63, 3.8) is 0 Å². The van der Waals surface area contributed by atoms with Gasteiger partial charge in [-0.15, -0.1) is 0 Å². The quantitative estimate of drug-likeness (QED) is 0.859. The molecule has 1 saturated carbocycles. The average molecular weight is 316 g/mol. The van der Waals surface area contributed by atoms with E-state index in [1.807, 2.05) is 0 Å². The van der Waals surface area contributed by atoms with Gasteiger partial charge in [-0.05, 0) is 38.0 Å². The Labute approximate surface area is 128 Å². The van der Waals surface area contributed by atoms with Crippen LogP contribution in [0.1, 0.15) is 52.9 Å². The van der Waals surface area contributed by atoms with Gasteiger partial charge in [0.15, 0.2) is 0 Å². The van der Waals surface area contributed by atoms with Gasteiger partial charge in [0.2, 0.25) is 15.9 Å². The van der Waals surface area contributed by atoms with Crippen LogP contribution in [0.4, 0.5) is 0 Å². The van der Waals surface area contributed by atoms with Crippen LogP contribution in [0, 0.1) is 11.3 Å². The molecule has 1 N–H and O–H groups in total. The number of carbonyl (C=O) groups excluding carboxylic acids is 1. The van der Waals surface area contributed by atoms with Gasteiger partial charge in [0, 0.05) is 26.6 Å². The van der Waals surface area contributed by atoms with E-state index in [4.69, 9.17) is 0 Å². The Hall–Kier alpha value is -0.620.